The number of carbonyl (C=O) groups is 1. The Morgan fingerprint density at radius 1 is 1.29 bits per heavy atom. The normalized spacial score (nSPS) is 11.4. The Balaban J connectivity index is 2.57. The molecule has 2 aromatic heterocycles. The van der Waals surface area contributed by atoms with Crippen molar-refractivity contribution < 1.29 is 19.4 Å². The van der Waals surface area contributed by atoms with Crippen LogP contribution in [0, 0.1) is 0 Å². The third kappa shape index (κ3) is 3.39. The quantitative estimate of drug-likeness (QED) is 0.931. The van der Waals surface area contributed by atoms with Gasteiger partial charge in [-0.3, -0.25) is 0 Å². The maximum atomic E-state index is 10.7. The molecule has 0 spiro atoms. The summed E-state index contributed by atoms with van der Waals surface area (Å²) in [5.41, 5.74) is 1.07. The van der Waals surface area contributed by atoms with E-state index in [0.29, 0.717) is 11.5 Å². The molecule has 0 saturated heterocycles. The Kier molecular flexibility index (Phi) is 3.97. The number of hydrogen-bond donors (Lipinski definition) is 1. The highest BCUT2D eigenvalue weighted by Crippen LogP contribution is 2.32. The predicted molar refractivity (Wildman–Crippen MR) is 77.9 cm³/mol. The summed E-state index contributed by atoms with van der Waals surface area (Å²) in [5, 5.41) is 9.63. The van der Waals surface area contributed by atoms with Crippen LogP contribution < -0.4 is 9.47 Å². The third-order valence-electron chi connectivity index (χ3n) is 2.97. The highest BCUT2D eigenvalue weighted by atomic mass is 16.5. The Hall–Kier alpha value is -2.37. The smallest absolute Gasteiger partial charge is 0.341 e. The minimum absolute atomic E-state index is 0.227. The number of hydrogen-bond acceptors (Lipinski definition) is 5. The second-order valence-corrected chi connectivity index (χ2v) is 5.67. The lowest BCUT2D eigenvalue weighted by molar-refractivity contribution is -0.139. The Bertz CT molecular complexity index is 677. The number of aromatic nitrogens is 2. The molecule has 2 heterocycles. The number of nitrogens with zero attached hydrogens (tertiary/aromatic N) is 2. The standard InChI is InChI=1S/C15H18N2O4/c1-15(2,3)10-7-9-5-6-11(20-4)16-13(9)17-14(10)21-8-12(18)19/h5-7H,8H2,1-4H3,(H,18,19). The van der Waals surface area contributed by atoms with Crippen LogP contribution >= 0.6 is 0 Å². The van der Waals surface area contributed by atoms with Gasteiger partial charge in [0, 0.05) is 17.0 Å². The van der Waals surface area contributed by atoms with Crippen LogP contribution in [0.4, 0.5) is 0 Å². The first kappa shape index (κ1) is 15.0. The molecule has 0 aliphatic rings. The summed E-state index contributed by atoms with van der Waals surface area (Å²) in [6.45, 7) is 5.60. The maximum Gasteiger partial charge on any atom is 0.341 e. The van der Waals surface area contributed by atoms with E-state index in [1.54, 1.807) is 6.07 Å². The molecule has 1 N–H and O–H groups in total. The van der Waals surface area contributed by atoms with E-state index >= 15 is 0 Å². The monoisotopic (exact) mass is 290 g/mol. The molecule has 0 unspecified atom stereocenters. The molecule has 0 saturated carbocycles. The molecule has 0 bridgehead atoms. The second-order valence-electron chi connectivity index (χ2n) is 5.67. The van der Waals surface area contributed by atoms with Gasteiger partial charge >= 0.3 is 5.97 Å². The van der Waals surface area contributed by atoms with E-state index in [0.717, 1.165) is 10.9 Å². The molecule has 6 heteroatoms. The molecule has 2 rings (SSSR count). The zero-order chi connectivity index (χ0) is 15.6. The van der Waals surface area contributed by atoms with Crippen LogP contribution in [0.2, 0.25) is 0 Å². The van der Waals surface area contributed by atoms with Crippen LogP contribution in [-0.4, -0.2) is 34.8 Å². The van der Waals surface area contributed by atoms with Gasteiger partial charge in [-0.05, 0) is 17.5 Å². The molecule has 0 aromatic carbocycles. The van der Waals surface area contributed by atoms with Crippen LogP contribution in [-0.2, 0) is 10.2 Å². The van der Waals surface area contributed by atoms with Crippen molar-refractivity contribution >= 4 is 17.0 Å². The molecule has 0 fully saturated rings. The fraction of sp³-hybridized carbons (Fsp3) is 0.400. The van der Waals surface area contributed by atoms with Gasteiger partial charge in [0.25, 0.3) is 0 Å². The summed E-state index contributed by atoms with van der Waals surface area (Å²) in [5.74, 6) is -0.309. The zero-order valence-corrected chi connectivity index (χ0v) is 12.5. The van der Waals surface area contributed by atoms with E-state index in [-0.39, 0.29) is 11.3 Å². The molecular weight excluding hydrogens is 272 g/mol. The lowest BCUT2D eigenvalue weighted by Crippen LogP contribution is -2.17. The molecule has 6 nitrogen and oxygen atoms in total. The van der Waals surface area contributed by atoms with Gasteiger partial charge in [0.1, 0.15) is 0 Å². The van der Waals surface area contributed by atoms with Crippen LogP contribution in [0.3, 0.4) is 0 Å². The van der Waals surface area contributed by atoms with Crippen LogP contribution in [0.1, 0.15) is 26.3 Å². The summed E-state index contributed by atoms with van der Waals surface area (Å²) < 4.78 is 10.4. The molecule has 2 aromatic rings. The molecule has 112 valence electrons. The summed E-state index contributed by atoms with van der Waals surface area (Å²) in [7, 11) is 1.53. The maximum absolute atomic E-state index is 10.7. The van der Waals surface area contributed by atoms with E-state index in [1.165, 1.54) is 7.11 Å². The number of ether oxygens (including phenoxy) is 2. The SMILES string of the molecule is COc1ccc2cc(C(C)(C)C)c(OCC(=O)O)nc2n1. The van der Waals surface area contributed by atoms with Gasteiger partial charge in [0.15, 0.2) is 12.3 Å². The molecular formula is C15H18N2O4. The van der Waals surface area contributed by atoms with E-state index in [4.69, 9.17) is 14.6 Å². The molecule has 0 atom stereocenters. The summed E-state index contributed by atoms with van der Waals surface area (Å²) >= 11 is 0. The number of fused-ring (bicyclic) bond motifs is 1. The highest BCUT2D eigenvalue weighted by molar-refractivity contribution is 5.77. The van der Waals surface area contributed by atoms with Gasteiger partial charge in [0.05, 0.1) is 7.11 Å². The highest BCUT2D eigenvalue weighted by Gasteiger charge is 2.22. The topological polar surface area (TPSA) is 81.5 Å². The van der Waals surface area contributed by atoms with Gasteiger partial charge in [-0.15, -0.1) is 0 Å². The fourth-order valence-electron chi connectivity index (χ4n) is 1.91. The van der Waals surface area contributed by atoms with Crippen molar-refractivity contribution in [3.8, 4) is 11.8 Å². The van der Waals surface area contributed by atoms with Gasteiger partial charge < -0.3 is 14.6 Å². The Morgan fingerprint density at radius 2 is 2.00 bits per heavy atom. The van der Waals surface area contributed by atoms with Crippen molar-refractivity contribution in [1.82, 2.24) is 9.97 Å². The predicted octanol–water partition coefficient (Wildman–Crippen LogP) is 2.40. The largest absolute Gasteiger partial charge is 0.481 e. The summed E-state index contributed by atoms with van der Waals surface area (Å²) in [6.07, 6.45) is 0. The second kappa shape index (κ2) is 5.55. The van der Waals surface area contributed by atoms with Gasteiger partial charge in [0.2, 0.25) is 11.8 Å². The zero-order valence-electron chi connectivity index (χ0n) is 12.5. The van der Waals surface area contributed by atoms with E-state index < -0.39 is 12.6 Å². The van der Waals surface area contributed by atoms with Crippen LogP contribution in [0.15, 0.2) is 18.2 Å². The van der Waals surface area contributed by atoms with Crippen LogP contribution in [0.5, 0.6) is 11.8 Å². The summed E-state index contributed by atoms with van der Waals surface area (Å²) in [6, 6.07) is 5.55. The minimum Gasteiger partial charge on any atom is -0.481 e. The number of methoxy groups -OCH3 is 1. The lowest BCUT2D eigenvalue weighted by Gasteiger charge is -2.22. The van der Waals surface area contributed by atoms with Gasteiger partial charge in [-0.1, -0.05) is 20.8 Å². The summed E-state index contributed by atoms with van der Waals surface area (Å²) in [4.78, 5) is 19.3. The molecule has 0 aliphatic carbocycles. The van der Waals surface area contributed by atoms with Crippen molar-refractivity contribution in [2.45, 2.75) is 26.2 Å². The first-order valence-corrected chi connectivity index (χ1v) is 6.52. The fourth-order valence-corrected chi connectivity index (χ4v) is 1.91. The molecule has 21 heavy (non-hydrogen) atoms. The minimum atomic E-state index is -1.05. The Labute approximate surface area is 122 Å². The van der Waals surface area contributed by atoms with Gasteiger partial charge in [-0.25, -0.2) is 4.79 Å². The van der Waals surface area contributed by atoms with Gasteiger partial charge in [-0.2, -0.15) is 9.97 Å². The third-order valence-corrected chi connectivity index (χ3v) is 2.97. The van der Waals surface area contributed by atoms with Crippen molar-refractivity contribution in [3.63, 3.8) is 0 Å². The molecule has 0 amide bonds. The first-order chi connectivity index (χ1) is 9.81. The van der Waals surface area contributed by atoms with Crippen molar-refractivity contribution in [2.75, 3.05) is 13.7 Å². The number of aliphatic carboxylic acids is 1. The van der Waals surface area contributed by atoms with Crippen molar-refractivity contribution in [1.29, 1.82) is 0 Å². The Morgan fingerprint density at radius 3 is 2.57 bits per heavy atom. The lowest BCUT2D eigenvalue weighted by atomic mass is 9.87. The molecule has 0 aliphatic heterocycles. The number of carboxylic acids is 1. The number of rotatable bonds is 4. The number of carboxylic acid groups (broad SMARTS) is 1. The van der Waals surface area contributed by atoms with E-state index in [2.05, 4.69) is 9.97 Å². The number of pyridine rings is 2. The van der Waals surface area contributed by atoms with Crippen molar-refractivity contribution in [2.24, 2.45) is 0 Å². The average Bonchev–Trinajstić information content (AvgIpc) is 2.42. The van der Waals surface area contributed by atoms with E-state index in [1.807, 2.05) is 32.9 Å². The molecule has 0 radical (unpaired) electrons. The first-order valence-electron chi connectivity index (χ1n) is 6.52. The van der Waals surface area contributed by atoms with E-state index in [9.17, 15) is 4.79 Å². The average molecular weight is 290 g/mol. The van der Waals surface area contributed by atoms with Crippen molar-refractivity contribution in [3.05, 3.63) is 23.8 Å². The van der Waals surface area contributed by atoms with Crippen LogP contribution in [0.25, 0.3) is 11.0 Å².